The molecule has 10 atom stereocenters. The predicted octanol–water partition coefficient (Wildman–Crippen LogP) is 2.27. The van der Waals surface area contributed by atoms with Gasteiger partial charge in [-0.2, -0.15) is 0 Å². The van der Waals surface area contributed by atoms with Crippen molar-refractivity contribution >= 4 is 0 Å². The number of hydrogen-bond donors (Lipinski definition) is 1. The maximum Gasteiger partial charge on any atom is 0.126 e. The standard InChI is InChI=1S/C19H21NO2/c1-21-9-4-2-8(3-5-9)7-20-19-16-11-6-10-12-13(11)17(19)15(12)18(22-19)14(10)16/h2-5,10-18,20H,6-7H2,1H3/t10-,11+,12-,13+,14+,15+,16-,17+,18-,19+/m0/s1. The van der Waals surface area contributed by atoms with Crippen LogP contribution in [0.1, 0.15) is 12.0 Å². The lowest BCUT2D eigenvalue weighted by molar-refractivity contribution is -0.0591. The first-order chi connectivity index (χ1) is 10.8. The smallest absolute Gasteiger partial charge is 0.126 e. The average Bonchev–Trinajstić information content (AvgIpc) is 3.19. The molecule has 5 aliphatic carbocycles. The van der Waals surface area contributed by atoms with Gasteiger partial charge in [-0.15, -0.1) is 0 Å². The Morgan fingerprint density at radius 1 is 1.09 bits per heavy atom. The Labute approximate surface area is 130 Å². The van der Waals surface area contributed by atoms with Gasteiger partial charge in [0, 0.05) is 18.4 Å². The fraction of sp³-hybridized carbons (Fsp3) is 0.684. The zero-order chi connectivity index (χ0) is 14.2. The Balaban J connectivity index is 1.21. The van der Waals surface area contributed by atoms with Gasteiger partial charge < -0.3 is 9.47 Å². The maximum atomic E-state index is 6.69. The lowest BCUT2D eigenvalue weighted by Crippen LogP contribution is -2.56. The van der Waals surface area contributed by atoms with Crippen molar-refractivity contribution in [1.29, 1.82) is 0 Å². The van der Waals surface area contributed by atoms with Gasteiger partial charge >= 0.3 is 0 Å². The first kappa shape index (κ1) is 11.5. The fourth-order valence-electron chi connectivity index (χ4n) is 8.28. The van der Waals surface area contributed by atoms with Crippen molar-refractivity contribution in [2.24, 2.45) is 47.3 Å². The van der Waals surface area contributed by atoms with Crippen LogP contribution in [-0.2, 0) is 11.3 Å². The molecule has 3 nitrogen and oxygen atoms in total. The molecule has 1 aromatic carbocycles. The number of ether oxygens (including phenoxy) is 2. The first-order valence-corrected chi connectivity index (χ1v) is 8.89. The van der Waals surface area contributed by atoms with E-state index in [1.807, 2.05) is 0 Å². The zero-order valence-electron chi connectivity index (χ0n) is 12.7. The molecule has 7 aliphatic rings. The summed E-state index contributed by atoms with van der Waals surface area (Å²) < 4.78 is 11.9. The second-order valence-electron chi connectivity index (χ2n) is 8.50. The van der Waals surface area contributed by atoms with Crippen molar-refractivity contribution in [2.75, 3.05) is 7.11 Å². The van der Waals surface area contributed by atoms with E-state index in [1.54, 1.807) is 7.11 Å². The number of methoxy groups -OCH3 is 1. The summed E-state index contributed by atoms with van der Waals surface area (Å²) in [6, 6.07) is 8.46. The van der Waals surface area contributed by atoms with Gasteiger partial charge in [-0.25, -0.2) is 0 Å². The van der Waals surface area contributed by atoms with Gasteiger partial charge in [0.2, 0.25) is 0 Å². The molecule has 0 aromatic heterocycles. The minimum absolute atomic E-state index is 0.0526. The van der Waals surface area contributed by atoms with Crippen LogP contribution >= 0.6 is 0 Å². The van der Waals surface area contributed by atoms with Crippen LogP contribution < -0.4 is 10.1 Å². The van der Waals surface area contributed by atoms with Gasteiger partial charge in [0.15, 0.2) is 0 Å². The second kappa shape index (κ2) is 3.25. The summed E-state index contributed by atoms with van der Waals surface area (Å²) in [7, 11) is 1.72. The van der Waals surface area contributed by atoms with Crippen molar-refractivity contribution in [3.8, 4) is 5.75 Å². The van der Waals surface area contributed by atoms with Gasteiger partial charge in [0.05, 0.1) is 13.2 Å². The van der Waals surface area contributed by atoms with E-state index in [0.29, 0.717) is 6.10 Å². The molecule has 3 heteroatoms. The largest absolute Gasteiger partial charge is 0.497 e. The molecule has 5 saturated carbocycles. The van der Waals surface area contributed by atoms with Crippen molar-refractivity contribution in [1.82, 2.24) is 5.32 Å². The summed E-state index contributed by atoms with van der Waals surface area (Å²) in [5.74, 6) is 8.58. The van der Waals surface area contributed by atoms with Gasteiger partial charge in [-0.05, 0) is 59.6 Å². The minimum atomic E-state index is 0.0526. The number of rotatable bonds is 4. The molecular formula is C19H21NO2. The molecule has 4 bridgehead atoms. The van der Waals surface area contributed by atoms with Crippen LogP contribution in [-0.4, -0.2) is 18.9 Å². The summed E-state index contributed by atoms with van der Waals surface area (Å²) in [5, 5.41) is 3.91. The summed E-state index contributed by atoms with van der Waals surface area (Å²) in [6.07, 6.45) is 2.15. The Kier molecular flexibility index (Phi) is 1.69. The highest BCUT2D eigenvalue weighted by molar-refractivity contribution is 5.39. The topological polar surface area (TPSA) is 30.5 Å². The van der Waals surface area contributed by atoms with Crippen LogP contribution in [0, 0.1) is 47.3 Å². The van der Waals surface area contributed by atoms with E-state index in [2.05, 4.69) is 29.6 Å². The normalized spacial score (nSPS) is 59.8. The average molecular weight is 295 g/mol. The van der Waals surface area contributed by atoms with Gasteiger partial charge in [-0.3, -0.25) is 5.32 Å². The van der Waals surface area contributed by atoms with Crippen molar-refractivity contribution in [3.63, 3.8) is 0 Å². The number of benzene rings is 1. The molecule has 2 saturated heterocycles. The van der Waals surface area contributed by atoms with E-state index in [4.69, 9.17) is 9.47 Å². The molecule has 7 fully saturated rings. The number of hydrogen-bond acceptors (Lipinski definition) is 3. The molecular weight excluding hydrogens is 274 g/mol. The summed E-state index contributed by atoms with van der Waals surface area (Å²) in [4.78, 5) is 0. The van der Waals surface area contributed by atoms with Crippen molar-refractivity contribution < 1.29 is 9.47 Å². The van der Waals surface area contributed by atoms with E-state index in [1.165, 1.54) is 12.0 Å². The lowest BCUT2D eigenvalue weighted by atomic mass is 9.59. The van der Waals surface area contributed by atoms with Crippen molar-refractivity contribution in [2.45, 2.75) is 24.8 Å². The van der Waals surface area contributed by atoms with Crippen LogP contribution in [0.5, 0.6) is 5.75 Å². The van der Waals surface area contributed by atoms with Crippen LogP contribution in [0.15, 0.2) is 24.3 Å². The molecule has 22 heavy (non-hydrogen) atoms. The quantitative estimate of drug-likeness (QED) is 0.924. The van der Waals surface area contributed by atoms with Crippen LogP contribution in [0.3, 0.4) is 0 Å². The van der Waals surface area contributed by atoms with Gasteiger partial charge in [-0.1, -0.05) is 12.1 Å². The van der Waals surface area contributed by atoms with E-state index in [0.717, 1.165) is 59.6 Å². The van der Waals surface area contributed by atoms with Crippen molar-refractivity contribution in [3.05, 3.63) is 29.8 Å². The molecule has 0 unspecified atom stereocenters. The van der Waals surface area contributed by atoms with Crippen LogP contribution in [0.4, 0.5) is 0 Å². The van der Waals surface area contributed by atoms with Gasteiger partial charge in [0.1, 0.15) is 11.5 Å². The number of nitrogens with one attached hydrogen (secondary N) is 1. The molecule has 1 N–H and O–H groups in total. The summed E-state index contributed by atoms with van der Waals surface area (Å²) >= 11 is 0. The van der Waals surface area contributed by atoms with E-state index in [-0.39, 0.29) is 5.72 Å². The third kappa shape index (κ3) is 0.908. The Morgan fingerprint density at radius 2 is 1.95 bits per heavy atom. The monoisotopic (exact) mass is 295 g/mol. The zero-order valence-corrected chi connectivity index (χ0v) is 12.7. The van der Waals surface area contributed by atoms with E-state index in [9.17, 15) is 0 Å². The second-order valence-corrected chi connectivity index (χ2v) is 8.50. The molecule has 2 heterocycles. The van der Waals surface area contributed by atoms with Crippen LogP contribution in [0.2, 0.25) is 0 Å². The third-order valence-electron chi connectivity index (χ3n) is 8.43. The molecule has 0 radical (unpaired) electrons. The molecule has 2 aliphatic heterocycles. The first-order valence-electron chi connectivity index (χ1n) is 8.89. The Hall–Kier alpha value is -1.06. The predicted molar refractivity (Wildman–Crippen MR) is 80.0 cm³/mol. The summed E-state index contributed by atoms with van der Waals surface area (Å²) in [6.45, 7) is 0.928. The van der Waals surface area contributed by atoms with Gasteiger partial charge in [0.25, 0.3) is 0 Å². The molecule has 0 spiro atoms. The fourth-order valence-corrected chi connectivity index (χ4v) is 8.28. The van der Waals surface area contributed by atoms with Crippen LogP contribution in [0.25, 0.3) is 0 Å². The Bertz CT molecular complexity index is 677. The van der Waals surface area contributed by atoms with E-state index >= 15 is 0 Å². The maximum absolute atomic E-state index is 6.69. The highest BCUT2D eigenvalue weighted by Gasteiger charge is 2.92. The SMILES string of the molecule is COc1ccc(CN[C@]23O[C@@H]4[C@@H]5[C@H]6[C@@H]7C[C@H]([C@H]6[C@H]52)[C@H]3[C@@H]74)cc1. The molecule has 8 rings (SSSR count). The summed E-state index contributed by atoms with van der Waals surface area (Å²) in [5.41, 5.74) is 1.39. The molecule has 1 aromatic rings. The molecule has 0 amide bonds. The third-order valence-corrected chi connectivity index (χ3v) is 8.43. The highest BCUT2D eigenvalue weighted by atomic mass is 16.5. The Morgan fingerprint density at radius 3 is 2.77 bits per heavy atom. The molecule has 114 valence electrons. The lowest BCUT2D eigenvalue weighted by Gasteiger charge is -2.46. The minimum Gasteiger partial charge on any atom is -0.497 e. The van der Waals surface area contributed by atoms with E-state index < -0.39 is 0 Å². The highest BCUT2D eigenvalue weighted by Crippen LogP contribution is 2.89.